The second-order valence-corrected chi connectivity index (χ2v) is 8.51. The van der Waals surface area contributed by atoms with Crippen molar-refractivity contribution in [1.29, 1.82) is 0 Å². The number of nitrogens with one attached hydrogen (secondary N) is 1. The van der Waals surface area contributed by atoms with E-state index < -0.39 is 0 Å². The van der Waals surface area contributed by atoms with Crippen molar-refractivity contribution in [2.24, 2.45) is 4.99 Å². The fraction of sp³-hybridized carbons (Fsp3) is 0.238. The Morgan fingerprint density at radius 2 is 1.54 bits per heavy atom. The van der Waals surface area contributed by atoms with E-state index in [-0.39, 0.29) is 5.91 Å². The first-order chi connectivity index (χ1) is 12.2. The molecule has 0 aliphatic carbocycles. The van der Waals surface area contributed by atoms with E-state index in [1.165, 1.54) is 28.5 Å². The van der Waals surface area contributed by atoms with Crippen LogP contribution in [0.1, 0.15) is 33.4 Å². The Labute approximate surface area is 167 Å². The van der Waals surface area contributed by atoms with E-state index in [0.717, 1.165) is 26.9 Å². The molecule has 1 heterocycles. The second-order valence-electron chi connectivity index (χ2n) is 6.69. The van der Waals surface area contributed by atoms with Gasteiger partial charge in [-0.15, -0.1) is 0 Å². The first kappa shape index (κ1) is 18.9. The topological polar surface area (TPSA) is 41.5 Å². The Hall–Kier alpha value is -1.85. The smallest absolute Gasteiger partial charge is 0.264 e. The molecule has 3 rings (SSSR count). The highest BCUT2D eigenvalue weighted by atomic mass is 79.9. The van der Waals surface area contributed by atoms with Gasteiger partial charge in [0, 0.05) is 4.47 Å². The molecule has 2 aromatic carbocycles. The van der Waals surface area contributed by atoms with Crippen molar-refractivity contribution in [2.45, 2.75) is 34.6 Å². The van der Waals surface area contributed by atoms with E-state index in [0.29, 0.717) is 10.1 Å². The number of aliphatic imine (C=N–C) groups is 1. The quantitative estimate of drug-likeness (QED) is 0.606. The molecular formula is C21H21BrN2OS. The van der Waals surface area contributed by atoms with Crippen LogP contribution in [0.3, 0.4) is 0 Å². The van der Waals surface area contributed by atoms with Crippen molar-refractivity contribution in [2.75, 3.05) is 0 Å². The highest BCUT2D eigenvalue weighted by Crippen LogP contribution is 2.32. The molecule has 1 saturated heterocycles. The van der Waals surface area contributed by atoms with Crippen molar-refractivity contribution >= 4 is 50.5 Å². The van der Waals surface area contributed by atoms with E-state index in [1.54, 1.807) is 0 Å². The lowest BCUT2D eigenvalue weighted by Gasteiger charge is -2.07. The van der Waals surface area contributed by atoms with Crippen LogP contribution in [0.25, 0.3) is 6.08 Å². The Bertz CT molecular complexity index is 930. The summed E-state index contributed by atoms with van der Waals surface area (Å²) in [6.07, 6.45) is 1.96. The summed E-state index contributed by atoms with van der Waals surface area (Å²) in [5, 5.41) is 3.49. The van der Waals surface area contributed by atoms with Crippen LogP contribution in [0.5, 0.6) is 0 Å². The normalized spacial score (nSPS) is 17.2. The number of aryl methyl sites for hydroxylation is 5. The Morgan fingerprint density at radius 1 is 0.962 bits per heavy atom. The van der Waals surface area contributed by atoms with Crippen LogP contribution in [0.15, 0.2) is 38.6 Å². The van der Waals surface area contributed by atoms with Gasteiger partial charge in [0.15, 0.2) is 5.17 Å². The Balaban J connectivity index is 1.92. The summed E-state index contributed by atoms with van der Waals surface area (Å²) in [6, 6.07) is 8.29. The van der Waals surface area contributed by atoms with Crippen LogP contribution in [0.4, 0.5) is 5.69 Å². The molecular weight excluding hydrogens is 408 g/mol. The average Bonchev–Trinajstić information content (AvgIpc) is 2.87. The van der Waals surface area contributed by atoms with E-state index in [2.05, 4.69) is 59.1 Å². The molecule has 1 amide bonds. The molecule has 2 aromatic rings. The molecule has 0 aromatic heterocycles. The van der Waals surface area contributed by atoms with Crippen LogP contribution in [-0.4, -0.2) is 11.1 Å². The van der Waals surface area contributed by atoms with Gasteiger partial charge in [0.2, 0.25) is 0 Å². The number of nitrogens with zero attached hydrogens (tertiary/aromatic N) is 1. The summed E-state index contributed by atoms with van der Waals surface area (Å²) >= 11 is 4.95. The number of halogens is 1. The predicted molar refractivity (Wildman–Crippen MR) is 115 cm³/mol. The van der Waals surface area contributed by atoms with Gasteiger partial charge >= 0.3 is 0 Å². The molecule has 3 nitrogen and oxygen atoms in total. The van der Waals surface area contributed by atoms with Crippen molar-refractivity contribution in [1.82, 2.24) is 5.32 Å². The Morgan fingerprint density at radius 3 is 2.12 bits per heavy atom. The molecule has 0 unspecified atom stereocenters. The number of carbonyl (C=O) groups excluding carboxylic acids is 1. The molecule has 1 aliphatic rings. The first-order valence-corrected chi connectivity index (χ1v) is 9.99. The number of hydrogen-bond donors (Lipinski definition) is 1. The zero-order valence-electron chi connectivity index (χ0n) is 15.5. The molecule has 0 spiro atoms. The summed E-state index contributed by atoms with van der Waals surface area (Å²) in [5.74, 6) is -0.0984. The molecule has 0 radical (unpaired) electrons. The van der Waals surface area contributed by atoms with E-state index >= 15 is 0 Å². The van der Waals surface area contributed by atoms with Gasteiger partial charge in [-0.3, -0.25) is 4.79 Å². The number of thioether (sulfide) groups is 1. The minimum absolute atomic E-state index is 0.0984. The van der Waals surface area contributed by atoms with Crippen LogP contribution >= 0.6 is 27.7 Å². The lowest BCUT2D eigenvalue weighted by Crippen LogP contribution is -2.19. The fourth-order valence-electron chi connectivity index (χ4n) is 3.14. The summed E-state index contributed by atoms with van der Waals surface area (Å²) < 4.78 is 1.09. The molecule has 0 saturated carbocycles. The zero-order valence-corrected chi connectivity index (χ0v) is 17.9. The first-order valence-electron chi connectivity index (χ1n) is 8.39. The Kier molecular flexibility index (Phi) is 5.39. The van der Waals surface area contributed by atoms with Gasteiger partial charge in [-0.25, -0.2) is 4.99 Å². The lowest BCUT2D eigenvalue weighted by molar-refractivity contribution is -0.115. The van der Waals surface area contributed by atoms with Gasteiger partial charge in [-0.1, -0.05) is 33.6 Å². The lowest BCUT2D eigenvalue weighted by atomic mass is 9.99. The minimum atomic E-state index is -0.0984. The van der Waals surface area contributed by atoms with Crippen LogP contribution in [0.2, 0.25) is 0 Å². The summed E-state index contributed by atoms with van der Waals surface area (Å²) in [6.45, 7) is 10.3. The average molecular weight is 429 g/mol. The third kappa shape index (κ3) is 3.94. The molecule has 1 aliphatic heterocycles. The molecule has 134 valence electrons. The third-order valence-corrected chi connectivity index (χ3v) is 6.48. The molecule has 1 fully saturated rings. The van der Waals surface area contributed by atoms with Gasteiger partial charge in [-0.05, 0) is 92.4 Å². The van der Waals surface area contributed by atoms with Crippen molar-refractivity contribution in [3.8, 4) is 0 Å². The highest BCUT2D eigenvalue weighted by molar-refractivity contribution is 9.10. The van der Waals surface area contributed by atoms with Gasteiger partial charge < -0.3 is 5.32 Å². The SMILES string of the molecule is Cc1cc(C)c(/C=C2\SC(=Nc3cc(C)c(Br)c(C)c3)NC2=O)c(C)c1. The number of amides is 1. The van der Waals surface area contributed by atoms with Gasteiger partial charge in [-0.2, -0.15) is 0 Å². The van der Waals surface area contributed by atoms with Crippen molar-refractivity contribution in [3.05, 3.63) is 67.0 Å². The number of hydrogen-bond acceptors (Lipinski definition) is 3. The zero-order chi connectivity index (χ0) is 19.0. The van der Waals surface area contributed by atoms with Crippen molar-refractivity contribution in [3.63, 3.8) is 0 Å². The number of carbonyl (C=O) groups is 1. The molecule has 26 heavy (non-hydrogen) atoms. The maximum Gasteiger partial charge on any atom is 0.264 e. The standard InChI is InChI=1S/C21H21BrN2OS/c1-11-6-12(2)17(13(3)7-11)10-18-20(25)24-21(26-18)23-16-8-14(4)19(22)15(5)9-16/h6-10H,1-5H3,(H,23,24,25)/b18-10-. The monoisotopic (exact) mass is 428 g/mol. The van der Waals surface area contributed by atoms with E-state index in [4.69, 9.17) is 0 Å². The van der Waals surface area contributed by atoms with Crippen LogP contribution < -0.4 is 5.32 Å². The fourth-order valence-corrected chi connectivity index (χ4v) is 4.19. The molecule has 0 atom stereocenters. The van der Waals surface area contributed by atoms with Gasteiger partial charge in [0.05, 0.1) is 10.6 Å². The number of amidine groups is 1. The predicted octanol–water partition coefficient (Wildman–Crippen LogP) is 5.88. The molecule has 5 heteroatoms. The van der Waals surface area contributed by atoms with Crippen LogP contribution in [-0.2, 0) is 4.79 Å². The number of benzene rings is 2. The largest absolute Gasteiger partial charge is 0.300 e. The molecule has 1 N–H and O–H groups in total. The maximum atomic E-state index is 12.4. The van der Waals surface area contributed by atoms with Gasteiger partial charge in [0.1, 0.15) is 0 Å². The summed E-state index contributed by atoms with van der Waals surface area (Å²) in [5.41, 5.74) is 7.77. The van der Waals surface area contributed by atoms with Crippen molar-refractivity contribution < 1.29 is 4.79 Å². The van der Waals surface area contributed by atoms with E-state index in [1.807, 2.05) is 32.1 Å². The van der Waals surface area contributed by atoms with E-state index in [9.17, 15) is 4.79 Å². The van der Waals surface area contributed by atoms with Crippen LogP contribution in [0, 0.1) is 34.6 Å². The highest BCUT2D eigenvalue weighted by Gasteiger charge is 2.24. The minimum Gasteiger partial charge on any atom is -0.300 e. The third-order valence-electron chi connectivity index (χ3n) is 4.32. The number of rotatable bonds is 2. The molecule has 0 bridgehead atoms. The van der Waals surface area contributed by atoms with Gasteiger partial charge in [0.25, 0.3) is 5.91 Å². The second kappa shape index (κ2) is 7.41. The summed E-state index contributed by atoms with van der Waals surface area (Å²) in [7, 11) is 0. The maximum absolute atomic E-state index is 12.4. The summed E-state index contributed by atoms with van der Waals surface area (Å²) in [4.78, 5) is 17.6.